The van der Waals surface area contributed by atoms with Crippen molar-refractivity contribution in [1.29, 1.82) is 0 Å². The molecule has 0 radical (unpaired) electrons. The monoisotopic (exact) mass is 511 g/mol. The maximum absolute atomic E-state index is 13.1. The van der Waals surface area contributed by atoms with Gasteiger partial charge in [-0.3, -0.25) is 4.79 Å². The number of carbonyl (C=O) groups is 1. The van der Waals surface area contributed by atoms with Crippen LogP contribution in [0.2, 0.25) is 0 Å². The number of hydrogen-bond acceptors (Lipinski definition) is 7. The summed E-state index contributed by atoms with van der Waals surface area (Å²) in [4.78, 5) is 17.7. The smallest absolute Gasteiger partial charge is 0.243 e. The quantitative estimate of drug-likeness (QED) is 0.395. The average molecular weight is 512 g/mol. The number of aromatic nitrogens is 1. The van der Waals surface area contributed by atoms with E-state index >= 15 is 0 Å². The molecular formula is C25H25N3O5S2. The number of rotatable bonds is 6. The summed E-state index contributed by atoms with van der Waals surface area (Å²) in [7, 11) is -2.05. The van der Waals surface area contributed by atoms with Crippen molar-refractivity contribution in [3.8, 4) is 17.2 Å². The molecule has 35 heavy (non-hydrogen) atoms. The van der Waals surface area contributed by atoms with E-state index < -0.39 is 15.9 Å². The largest absolute Gasteiger partial charge is 0.497 e. The van der Waals surface area contributed by atoms with Crippen LogP contribution in [0.5, 0.6) is 5.75 Å². The first kappa shape index (κ1) is 23.5. The van der Waals surface area contributed by atoms with Gasteiger partial charge in [0.2, 0.25) is 15.9 Å². The average Bonchev–Trinajstić information content (AvgIpc) is 3.50. The molecule has 1 amide bonds. The van der Waals surface area contributed by atoms with Gasteiger partial charge in [0, 0.05) is 29.9 Å². The highest BCUT2D eigenvalue weighted by Crippen LogP contribution is 2.32. The highest BCUT2D eigenvalue weighted by atomic mass is 32.2. The molecule has 182 valence electrons. The number of amides is 1. The Morgan fingerprint density at radius 3 is 2.77 bits per heavy atom. The number of methoxy groups -OCH3 is 1. The van der Waals surface area contributed by atoms with E-state index in [1.54, 1.807) is 31.4 Å². The van der Waals surface area contributed by atoms with Crippen molar-refractivity contribution in [2.45, 2.75) is 24.7 Å². The second kappa shape index (κ2) is 9.44. The van der Waals surface area contributed by atoms with Crippen LogP contribution in [-0.2, 0) is 14.8 Å². The molecule has 1 N–H and O–H groups in total. The lowest BCUT2D eigenvalue weighted by molar-refractivity contribution is -0.120. The Bertz CT molecular complexity index is 1470. The number of benzene rings is 2. The molecule has 8 nitrogen and oxygen atoms in total. The fourth-order valence-corrected chi connectivity index (χ4v) is 6.38. The molecule has 1 unspecified atom stereocenters. The number of anilines is 1. The van der Waals surface area contributed by atoms with E-state index in [0.29, 0.717) is 47.3 Å². The summed E-state index contributed by atoms with van der Waals surface area (Å²) in [5, 5.41) is 6.05. The van der Waals surface area contributed by atoms with Crippen molar-refractivity contribution in [2.24, 2.45) is 5.92 Å². The van der Waals surface area contributed by atoms with Crippen molar-refractivity contribution < 1.29 is 22.4 Å². The van der Waals surface area contributed by atoms with E-state index in [-0.39, 0.29) is 17.3 Å². The van der Waals surface area contributed by atoms with Crippen LogP contribution < -0.4 is 10.1 Å². The Kier molecular flexibility index (Phi) is 6.35. The second-order valence-electron chi connectivity index (χ2n) is 8.56. The van der Waals surface area contributed by atoms with Gasteiger partial charge < -0.3 is 14.5 Å². The lowest BCUT2D eigenvalue weighted by Gasteiger charge is -2.31. The Morgan fingerprint density at radius 1 is 1.20 bits per heavy atom. The minimum atomic E-state index is -3.65. The number of sulfonamides is 1. The fourth-order valence-electron chi connectivity index (χ4n) is 4.15. The van der Waals surface area contributed by atoms with Crippen molar-refractivity contribution in [2.75, 3.05) is 25.5 Å². The predicted octanol–water partition coefficient (Wildman–Crippen LogP) is 4.91. The molecule has 2 aromatic carbocycles. The van der Waals surface area contributed by atoms with Crippen LogP contribution in [0.1, 0.15) is 18.4 Å². The van der Waals surface area contributed by atoms with Crippen molar-refractivity contribution >= 4 is 43.4 Å². The van der Waals surface area contributed by atoms with Gasteiger partial charge in [-0.05, 0) is 50.1 Å². The lowest BCUT2D eigenvalue weighted by atomic mass is 9.99. The van der Waals surface area contributed by atoms with Gasteiger partial charge in [0.15, 0.2) is 10.9 Å². The van der Waals surface area contributed by atoms with E-state index in [9.17, 15) is 13.2 Å². The normalized spacial score (nSPS) is 16.9. The number of nitrogens with zero attached hydrogens (tertiary/aromatic N) is 2. The van der Waals surface area contributed by atoms with E-state index in [2.05, 4.69) is 10.3 Å². The van der Waals surface area contributed by atoms with E-state index in [1.807, 2.05) is 36.6 Å². The summed E-state index contributed by atoms with van der Waals surface area (Å²) in [5.74, 6) is 0.618. The first-order valence-corrected chi connectivity index (χ1v) is 13.6. The molecule has 1 fully saturated rings. The lowest BCUT2D eigenvalue weighted by Crippen LogP contribution is -2.43. The van der Waals surface area contributed by atoms with Crippen LogP contribution in [0.15, 0.2) is 63.2 Å². The topological polar surface area (TPSA) is 102 Å². The molecule has 0 spiro atoms. The molecule has 3 heterocycles. The second-order valence-corrected chi connectivity index (χ2v) is 11.4. The predicted molar refractivity (Wildman–Crippen MR) is 135 cm³/mol. The minimum absolute atomic E-state index is 0.145. The van der Waals surface area contributed by atoms with Crippen LogP contribution >= 0.6 is 11.3 Å². The zero-order chi connectivity index (χ0) is 24.6. The Morgan fingerprint density at radius 2 is 2.00 bits per heavy atom. The van der Waals surface area contributed by atoms with Gasteiger partial charge in [-0.15, -0.1) is 11.3 Å². The van der Waals surface area contributed by atoms with Gasteiger partial charge in [-0.1, -0.05) is 17.7 Å². The maximum Gasteiger partial charge on any atom is 0.243 e. The van der Waals surface area contributed by atoms with E-state index in [1.165, 1.54) is 15.6 Å². The number of aryl methyl sites for hydroxylation is 1. The molecule has 0 aliphatic carbocycles. The zero-order valence-electron chi connectivity index (χ0n) is 19.4. The van der Waals surface area contributed by atoms with Gasteiger partial charge in [0.05, 0.1) is 17.9 Å². The van der Waals surface area contributed by atoms with Crippen LogP contribution in [0.3, 0.4) is 0 Å². The number of carbonyl (C=O) groups excluding carboxylic acids is 1. The summed E-state index contributed by atoms with van der Waals surface area (Å²) in [6.07, 6.45) is 1.24. The number of furan rings is 1. The minimum Gasteiger partial charge on any atom is -0.497 e. The molecule has 1 aliphatic rings. The summed E-state index contributed by atoms with van der Waals surface area (Å²) < 4.78 is 38.7. The van der Waals surface area contributed by atoms with Gasteiger partial charge in [-0.2, -0.15) is 4.31 Å². The summed E-state index contributed by atoms with van der Waals surface area (Å²) in [6.45, 7) is 2.46. The third-order valence-electron chi connectivity index (χ3n) is 6.13. The van der Waals surface area contributed by atoms with Gasteiger partial charge in [-0.25, -0.2) is 13.4 Å². The molecule has 1 aliphatic heterocycles. The maximum atomic E-state index is 13.1. The third kappa shape index (κ3) is 4.82. The number of thiazole rings is 1. The summed E-state index contributed by atoms with van der Waals surface area (Å²) in [6, 6.07) is 14.3. The molecule has 4 aromatic rings. The van der Waals surface area contributed by atoms with E-state index in [4.69, 9.17) is 9.15 Å². The number of nitrogens with one attached hydrogen (secondary N) is 1. The van der Waals surface area contributed by atoms with Crippen LogP contribution in [-0.4, -0.2) is 43.8 Å². The fraction of sp³-hybridized carbons (Fsp3) is 0.280. The highest BCUT2D eigenvalue weighted by Gasteiger charge is 2.33. The SMILES string of the molecule is COc1ccc2cc(-c3csc(NC(=O)C4CCCN(S(=O)(=O)c5ccc(C)cc5)C4)n3)oc2c1. The zero-order valence-corrected chi connectivity index (χ0v) is 21.0. The Hall–Kier alpha value is -3.21. The molecule has 1 atom stereocenters. The number of ether oxygens (including phenoxy) is 1. The first-order chi connectivity index (χ1) is 16.8. The molecule has 1 saturated heterocycles. The van der Waals surface area contributed by atoms with Crippen molar-refractivity contribution in [1.82, 2.24) is 9.29 Å². The molecule has 0 bridgehead atoms. The number of fused-ring (bicyclic) bond motifs is 1. The first-order valence-electron chi connectivity index (χ1n) is 11.2. The van der Waals surface area contributed by atoms with Crippen molar-refractivity contribution in [3.05, 3.63) is 59.5 Å². The van der Waals surface area contributed by atoms with Gasteiger partial charge in [0.25, 0.3) is 0 Å². The summed E-state index contributed by atoms with van der Waals surface area (Å²) in [5.41, 5.74) is 2.30. The molecule has 2 aromatic heterocycles. The summed E-state index contributed by atoms with van der Waals surface area (Å²) >= 11 is 1.30. The molecule has 10 heteroatoms. The van der Waals surface area contributed by atoms with Crippen molar-refractivity contribution in [3.63, 3.8) is 0 Å². The van der Waals surface area contributed by atoms with Gasteiger partial charge in [0.1, 0.15) is 17.0 Å². The standard InChI is InChI=1S/C25H25N3O5S2/c1-16-5-9-20(10-6-16)35(30,31)28-11-3-4-18(14-28)24(29)27-25-26-21(15-34-25)23-12-17-7-8-19(32-2)13-22(17)33-23/h5-10,12-13,15,18H,3-4,11,14H2,1-2H3,(H,26,27,29). The molecule has 5 rings (SSSR count). The Balaban J connectivity index is 1.27. The highest BCUT2D eigenvalue weighted by molar-refractivity contribution is 7.89. The van der Waals surface area contributed by atoms with Gasteiger partial charge >= 0.3 is 0 Å². The third-order valence-corrected chi connectivity index (χ3v) is 8.76. The van der Waals surface area contributed by atoms with Crippen LogP contribution in [0.4, 0.5) is 5.13 Å². The molecule has 0 saturated carbocycles. The number of hydrogen-bond donors (Lipinski definition) is 1. The van der Waals surface area contributed by atoms with Crippen LogP contribution in [0, 0.1) is 12.8 Å². The number of piperidine rings is 1. The van der Waals surface area contributed by atoms with Crippen LogP contribution in [0.25, 0.3) is 22.4 Å². The molecular weight excluding hydrogens is 486 g/mol. The Labute approximate surface area is 207 Å². The van der Waals surface area contributed by atoms with E-state index in [0.717, 1.165) is 10.9 Å².